The number of rotatable bonds is 0. The molecule has 3 N–H and O–H groups in total. The third-order valence-corrected chi connectivity index (χ3v) is 2.77. The minimum atomic E-state index is 0.338. The largest absolute Gasteiger partial charge is 0.314 e. The van der Waals surface area contributed by atoms with Crippen LogP contribution in [0.5, 0.6) is 0 Å². The van der Waals surface area contributed by atoms with E-state index < -0.39 is 0 Å². The van der Waals surface area contributed by atoms with Crippen molar-refractivity contribution in [1.82, 2.24) is 16.0 Å². The van der Waals surface area contributed by atoms with Gasteiger partial charge in [0.25, 0.3) is 0 Å². The maximum Gasteiger partial charge on any atom is 0.0592 e. The molecule has 0 amide bonds. The topological polar surface area (TPSA) is 60.8 Å². The van der Waals surface area contributed by atoms with Gasteiger partial charge in [0.2, 0.25) is 0 Å². The SMILES string of the molecule is C[C@H]1CNCCNCCNC[C@H](C)N=CCC=N1. The first-order valence-electron chi connectivity index (χ1n) is 6.94. The molecule has 0 radical (unpaired) electrons. The monoisotopic (exact) mass is 253 g/mol. The van der Waals surface area contributed by atoms with Gasteiger partial charge in [0.15, 0.2) is 0 Å². The summed E-state index contributed by atoms with van der Waals surface area (Å²) in [7, 11) is 0. The Morgan fingerprint density at radius 2 is 1.22 bits per heavy atom. The minimum Gasteiger partial charge on any atom is -0.314 e. The van der Waals surface area contributed by atoms with Gasteiger partial charge in [-0.3, -0.25) is 9.98 Å². The van der Waals surface area contributed by atoms with Gasteiger partial charge in [0.05, 0.1) is 12.1 Å². The zero-order chi connectivity index (χ0) is 13.1. The molecule has 0 aromatic carbocycles. The van der Waals surface area contributed by atoms with Gasteiger partial charge < -0.3 is 16.0 Å². The van der Waals surface area contributed by atoms with Crippen molar-refractivity contribution in [2.24, 2.45) is 9.98 Å². The molecule has 1 rings (SSSR count). The lowest BCUT2D eigenvalue weighted by Gasteiger charge is -2.11. The van der Waals surface area contributed by atoms with Crippen molar-refractivity contribution >= 4 is 12.4 Å². The van der Waals surface area contributed by atoms with Crippen LogP contribution in [-0.4, -0.2) is 63.8 Å². The summed E-state index contributed by atoms with van der Waals surface area (Å²) in [6, 6.07) is 0.677. The summed E-state index contributed by atoms with van der Waals surface area (Å²) in [5.41, 5.74) is 0. The molecule has 1 heterocycles. The summed E-state index contributed by atoms with van der Waals surface area (Å²) >= 11 is 0. The van der Waals surface area contributed by atoms with Crippen molar-refractivity contribution in [1.29, 1.82) is 0 Å². The van der Waals surface area contributed by atoms with E-state index in [1.165, 1.54) is 0 Å². The van der Waals surface area contributed by atoms with Crippen LogP contribution < -0.4 is 16.0 Å². The first kappa shape index (κ1) is 15.3. The first-order chi connectivity index (χ1) is 8.79. The van der Waals surface area contributed by atoms with Crippen LogP contribution in [0.4, 0.5) is 0 Å². The molecule has 1 aliphatic heterocycles. The molecule has 0 fully saturated rings. The van der Waals surface area contributed by atoms with Gasteiger partial charge >= 0.3 is 0 Å². The molecule has 0 aromatic rings. The van der Waals surface area contributed by atoms with Crippen LogP contribution in [0, 0.1) is 0 Å². The second-order valence-electron chi connectivity index (χ2n) is 4.76. The maximum absolute atomic E-state index is 4.46. The first-order valence-corrected chi connectivity index (χ1v) is 6.94. The molecule has 2 atom stereocenters. The third-order valence-electron chi connectivity index (χ3n) is 2.77. The zero-order valence-electron chi connectivity index (χ0n) is 11.7. The van der Waals surface area contributed by atoms with E-state index in [0.717, 1.165) is 45.7 Å². The van der Waals surface area contributed by atoms with Crippen LogP contribution in [0.3, 0.4) is 0 Å². The number of hydrogen-bond donors (Lipinski definition) is 3. The minimum absolute atomic E-state index is 0.338. The Kier molecular flexibility index (Phi) is 8.63. The molecule has 0 aromatic heterocycles. The van der Waals surface area contributed by atoms with E-state index in [0.29, 0.717) is 12.1 Å². The fourth-order valence-electron chi connectivity index (χ4n) is 1.73. The number of nitrogens with one attached hydrogen (secondary N) is 3. The van der Waals surface area contributed by atoms with Crippen molar-refractivity contribution in [3.8, 4) is 0 Å². The molecule has 0 unspecified atom stereocenters. The number of nitrogens with zero attached hydrogens (tertiary/aromatic N) is 2. The summed E-state index contributed by atoms with van der Waals surface area (Å²) in [5, 5.41) is 10.2. The van der Waals surface area contributed by atoms with Crippen molar-refractivity contribution in [3.05, 3.63) is 0 Å². The van der Waals surface area contributed by atoms with Crippen LogP contribution in [-0.2, 0) is 0 Å². The van der Waals surface area contributed by atoms with Crippen LogP contribution in [0.1, 0.15) is 20.3 Å². The van der Waals surface area contributed by atoms with Gasteiger partial charge in [-0.1, -0.05) is 0 Å². The van der Waals surface area contributed by atoms with Crippen LogP contribution >= 0.6 is 0 Å². The highest BCUT2D eigenvalue weighted by Crippen LogP contribution is 1.88. The summed E-state index contributed by atoms with van der Waals surface area (Å²) < 4.78 is 0. The smallest absolute Gasteiger partial charge is 0.0592 e. The Morgan fingerprint density at radius 3 is 1.72 bits per heavy atom. The lowest BCUT2D eigenvalue weighted by atomic mass is 10.3. The highest BCUT2D eigenvalue weighted by atomic mass is 15.0. The molecule has 0 bridgehead atoms. The van der Waals surface area contributed by atoms with Gasteiger partial charge in [-0.2, -0.15) is 0 Å². The average molecular weight is 253 g/mol. The predicted octanol–water partition coefficient (Wildman–Crippen LogP) is 0.0775. The maximum atomic E-state index is 4.46. The number of aliphatic imine (C=N–C) groups is 2. The van der Waals surface area contributed by atoms with Crippen molar-refractivity contribution in [3.63, 3.8) is 0 Å². The average Bonchev–Trinajstić information content (AvgIpc) is 2.35. The van der Waals surface area contributed by atoms with E-state index in [2.05, 4.69) is 39.8 Å². The Labute approximate surface area is 111 Å². The molecular weight excluding hydrogens is 226 g/mol. The van der Waals surface area contributed by atoms with E-state index in [9.17, 15) is 0 Å². The number of hydrogen-bond acceptors (Lipinski definition) is 5. The van der Waals surface area contributed by atoms with E-state index in [1.807, 2.05) is 12.4 Å². The Morgan fingerprint density at radius 1 is 0.778 bits per heavy atom. The highest BCUT2D eigenvalue weighted by Gasteiger charge is 1.98. The molecule has 5 heteroatoms. The Balaban J connectivity index is 2.34. The predicted molar refractivity (Wildman–Crippen MR) is 79.1 cm³/mol. The van der Waals surface area contributed by atoms with E-state index in [1.54, 1.807) is 0 Å². The van der Waals surface area contributed by atoms with Crippen LogP contribution in [0.15, 0.2) is 9.98 Å². The summed E-state index contributed by atoms with van der Waals surface area (Å²) in [5.74, 6) is 0. The van der Waals surface area contributed by atoms with Crippen molar-refractivity contribution in [2.75, 3.05) is 39.3 Å². The van der Waals surface area contributed by atoms with Crippen molar-refractivity contribution in [2.45, 2.75) is 32.4 Å². The standard InChI is InChI=1S/C13H27N5/c1-12-10-15-8-6-14-7-9-16-11-13(2)18-5-3-4-17-12/h4-5,12-16H,3,6-11H2,1-2H3/t12-,13-/m0/s1. The molecule has 1 aliphatic rings. The molecule has 5 nitrogen and oxygen atoms in total. The molecule has 0 spiro atoms. The van der Waals surface area contributed by atoms with Crippen LogP contribution in [0.25, 0.3) is 0 Å². The van der Waals surface area contributed by atoms with Crippen molar-refractivity contribution < 1.29 is 0 Å². The molecule has 0 saturated carbocycles. The summed E-state index contributed by atoms with van der Waals surface area (Å²) in [4.78, 5) is 8.93. The summed E-state index contributed by atoms with van der Waals surface area (Å²) in [6.07, 6.45) is 4.75. The second kappa shape index (κ2) is 10.2. The van der Waals surface area contributed by atoms with Gasteiger partial charge in [-0.15, -0.1) is 0 Å². The van der Waals surface area contributed by atoms with E-state index >= 15 is 0 Å². The third kappa shape index (κ3) is 8.33. The van der Waals surface area contributed by atoms with Gasteiger partial charge in [-0.05, 0) is 13.8 Å². The molecule has 104 valence electrons. The van der Waals surface area contributed by atoms with E-state index in [4.69, 9.17) is 0 Å². The molecular formula is C13H27N5. The summed E-state index contributed by atoms with van der Waals surface area (Å²) in [6.45, 7) is 10.1. The van der Waals surface area contributed by atoms with Crippen LogP contribution in [0.2, 0.25) is 0 Å². The van der Waals surface area contributed by atoms with E-state index in [-0.39, 0.29) is 0 Å². The Bertz CT molecular complexity index is 228. The highest BCUT2D eigenvalue weighted by molar-refractivity contribution is 5.79. The van der Waals surface area contributed by atoms with Gasteiger partial charge in [0.1, 0.15) is 0 Å². The fourth-order valence-corrected chi connectivity index (χ4v) is 1.73. The normalized spacial score (nSPS) is 29.2. The molecule has 18 heavy (non-hydrogen) atoms. The fraction of sp³-hybridized carbons (Fsp3) is 0.846. The van der Waals surface area contributed by atoms with Gasteiger partial charge in [0, 0.05) is 58.1 Å². The quantitative estimate of drug-likeness (QED) is 0.573. The molecule has 0 aliphatic carbocycles. The second-order valence-corrected chi connectivity index (χ2v) is 4.76. The molecule has 0 saturated heterocycles. The Hall–Kier alpha value is -0.780. The lowest BCUT2D eigenvalue weighted by Crippen LogP contribution is -2.36. The lowest BCUT2D eigenvalue weighted by molar-refractivity contribution is 0.550. The zero-order valence-corrected chi connectivity index (χ0v) is 11.7. The van der Waals surface area contributed by atoms with Gasteiger partial charge in [-0.25, -0.2) is 0 Å².